The van der Waals surface area contributed by atoms with Gasteiger partial charge in [-0.1, -0.05) is 15.9 Å². The van der Waals surface area contributed by atoms with Crippen LogP contribution in [0.15, 0.2) is 22.9 Å². The molecule has 0 aromatic heterocycles. The van der Waals surface area contributed by atoms with Gasteiger partial charge in [-0.15, -0.1) is 0 Å². The summed E-state index contributed by atoms with van der Waals surface area (Å²) in [5, 5.41) is 3.14. The number of fused-ring (bicyclic) bond motifs is 1. The highest BCUT2D eigenvalue weighted by Gasteiger charge is 2.30. The van der Waals surface area contributed by atoms with Gasteiger partial charge in [-0.3, -0.25) is 0 Å². The van der Waals surface area contributed by atoms with Gasteiger partial charge in [0.15, 0.2) is 0 Å². The Kier molecular flexibility index (Phi) is 3.14. The standard InChI is InChI=1S/C11H14BrNO2/c1-2-15-11(14)9-8-5-3-4-7(8)6-13-10(9)12/h6,10,13H,2-5H2,1H3. The van der Waals surface area contributed by atoms with Crippen molar-refractivity contribution >= 4 is 21.9 Å². The summed E-state index contributed by atoms with van der Waals surface area (Å²) in [5.74, 6) is -0.200. The van der Waals surface area contributed by atoms with E-state index in [1.165, 1.54) is 11.1 Å². The number of allylic oxidation sites excluding steroid dienone is 2. The summed E-state index contributed by atoms with van der Waals surface area (Å²) < 4.78 is 5.07. The van der Waals surface area contributed by atoms with Crippen molar-refractivity contribution in [2.24, 2.45) is 0 Å². The maximum Gasteiger partial charge on any atom is 0.337 e. The number of hydrogen-bond donors (Lipinski definition) is 1. The highest BCUT2D eigenvalue weighted by Crippen LogP contribution is 2.37. The van der Waals surface area contributed by atoms with Gasteiger partial charge in [-0.2, -0.15) is 0 Å². The van der Waals surface area contributed by atoms with Gasteiger partial charge >= 0.3 is 5.97 Å². The molecule has 3 nitrogen and oxygen atoms in total. The van der Waals surface area contributed by atoms with E-state index in [4.69, 9.17) is 4.74 Å². The van der Waals surface area contributed by atoms with E-state index in [2.05, 4.69) is 21.2 Å². The van der Waals surface area contributed by atoms with E-state index in [-0.39, 0.29) is 10.9 Å². The number of carbonyl (C=O) groups excluding carboxylic acids is 1. The summed E-state index contributed by atoms with van der Waals surface area (Å²) in [5.41, 5.74) is 3.19. The maximum absolute atomic E-state index is 11.8. The second kappa shape index (κ2) is 4.39. The van der Waals surface area contributed by atoms with Gasteiger partial charge < -0.3 is 10.1 Å². The first-order valence-electron chi connectivity index (χ1n) is 5.23. The SMILES string of the molecule is CCOC(=O)C1=C2CCCC2=CNC1Br. The lowest BCUT2D eigenvalue weighted by molar-refractivity contribution is -0.138. The molecule has 0 spiro atoms. The molecule has 1 aliphatic heterocycles. The third kappa shape index (κ3) is 1.95. The summed E-state index contributed by atoms with van der Waals surface area (Å²) in [6, 6.07) is 0. The fourth-order valence-electron chi connectivity index (χ4n) is 2.08. The van der Waals surface area contributed by atoms with E-state index >= 15 is 0 Å². The number of carbonyl (C=O) groups is 1. The van der Waals surface area contributed by atoms with Crippen LogP contribution >= 0.6 is 15.9 Å². The number of ether oxygens (including phenoxy) is 1. The van der Waals surface area contributed by atoms with Crippen LogP contribution < -0.4 is 5.32 Å². The zero-order valence-electron chi connectivity index (χ0n) is 8.68. The van der Waals surface area contributed by atoms with Crippen LogP contribution in [0.3, 0.4) is 0 Å². The minimum absolute atomic E-state index is 0.103. The number of alkyl halides is 1. The maximum atomic E-state index is 11.8. The summed E-state index contributed by atoms with van der Waals surface area (Å²) in [7, 11) is 0. The molecule has 1 unspecified atom stereocenters. The van der Waals surface area contributed by atoms with Gasteiger partial charge in [0.1, 0.15) is 4.95 Å². The molecule has 1 heterocycles. The molecule has 0 aromatic rings. The molecule has 0 radical (unpaired) electrons. The van der Waals surface area contributed by atoms with Crippen molar-refractivity contribution in [1.29, 1.82) is 0 Å². The minimum Gasteiger partial charge on any atom is -0.463 e. The van der Waals surface area contributed by atoms with Crippen LogP contribution in [0, 0.1) is 0 Å². The van der Waals surface area contributed by atoms with Gasteiger partial charge in [0.25, 0.3) is 0 Å². The Balaban J connectivity index is 2.32. The third-order valence-electron chi connectivity index (χ3n) is 2.74. The fraction of sp³-hybridized carbons (Fsp3) is 0.545. The molecule has 0 saturated heterocycles. The molecule has 1 fully saturated rings. The largest absolute Gasteiger partial charge is 0.463 e. The first-order chi connectivity index (χ1) is 7.24. The van der Waals surface area contributed by atoms with Crippen LogP contribution in [0.2, 0.25) is 0 Å². The second-order valence-electron chi connectivity index (χ2n) is 3.67. The molecule has 1 atom stereocenters. The zero-order chi connectivity index (χ0) is 10.8. The lowest BCUT2D eigenvalue weighted by atomic mass is 10.0. The normalized spacial score (nSPS) is 24.4. The van der Waals surface area contributed by atoms with Crippen LogP contribution in [0.25, 0.3) is 0 Å². The molecule has 1 N–H and O–H groups in total. The summed E-state index contributed by atoms with van der Waals surface area (Å²) in [6.07, 6.45) is 5.19. The summed E-state index contributed by atoms with van der Waals surface area (Å²) in [4.78, 5) is 11.7. The third-order valence-corrected chi connectivity index (χ3v) is 3.46. The number of rotatable bonds is 2. The van der Waals surface area contributed by atoms with Crippen molar-refractivity contribution in [3.05, 3.63) is 22.9 Å². The molecule has 1 aliphatic carbocycles. The average molecular weight is 272 g/mol. The minimum atomic E-state index is -0.200. The van der Waals surface area contributed by atoms with Crippen molar-refractivity contribution in [1.82, 2.24) is 5.32 Å². The van der Waals surface area contributed by atoms with E-state index in [0.717, 1.165) is 24.8 Å². The molecule has 15 heavy (non-hydrogen) atoms. The van der Waals surface area contributed by atoms with E-state index in [1.54, 1.807) is 0 Å². The van der Waals surface area contributed by atoms with Gasteiger partial charge in [-0.05, 0) is 37.3 Å². The van der Waals surface area contributed by atoms with Crippen LogP contribution in [-0.4, -0.2) is 17.5 Å². The molecular weight excluding hydrogens is 258 g/mol. The van der Waals surface area contributed by atoms with Gasteiger partial charge in [0, 0.05) is 6.20 Å². The lowest BCUT2D eigenvalue weighted by Gasteiger charge is -2.22. The van der Waals surface area contributed by atoms with E-state index in [1.807, 2.05) is 13.1 Å². The molecule has 2 rings (SSSR count). The molecule has 1 saturated carbocycles. The number of nitrogens with one attached hydrogen (secondary N) is 1. The Bertz CT molecular complexity index is 346. The zero-order valence-corrected chi connectivity index (χ0v) is 10.3. The first-order valence-corrected chi connectivity index (χ1v) is 6.15. The van der Waals surface area contributed by atoms with Crippen molar-refractivity contribution in [3.8, 4) is 0 Å². The van der Waals surface area contributed by atoms with E-state index < -0.39 is 0 Å². The Morgan fingerprint density at radius 2 is 2.47 bits per heavy atom. The topological polar surface area (TPSA) is 38.3 Å². The molecule has 2 aliphatic rings. The Labute approximate surface area is 97.7 Å². The van der Waals surface area contributed by atoms with Gasteiger partial charge in [-0.25, -0.2) is 4.79 Å². The van der Waals surface area contributed by atoms with E-state index in [9.17, 15) is 4.79 Å². The summed E-state index contributed by atoms with van der Waals surface area (Å²) >= 11 is 3.45. The second-order valence-corrected chi connectivity index (χ2v) is 4.58. The molecular formula is C11H14BrNO2. The molecule has 82 valence electrons. The predicted octanol–water partition coefficient (Wildman–Crippen LogP) is 2.24. The average Bonchev–Trinajstić information content (AvgIpc) is 2.65. The summed E-state index contributed by atoms with van der Waals surface area (Å²) in [6.45, 7) is 2.25. The number of dihydropyridines is 1. The molecule has 0 amide bonds. The van der Waals surface area contributed by atoms with Gasteiger partial charge in [0.05, 0.1) is 12.2 Å². The van der Waals surface area contributed by atoms with Crippen molar-refractivity contribution in [2.45, 2.75) is 31.1 Å². The van der Waals surface area contributed by atoms with Crippen molar-refractivity contribution in [2.75, 3.05) is 6.61 Å². The van der Waals surface area contributed by atoms with Crippen LogP contribution in [-0.2, 0) is 9.53 Å². The number of halogens is 1. The number of esters is 1. The Morgan fingerprint density at radius 3 is 3.20 bits per heavy atom. The van der Waals surface area contributed by atoms with Gasteiger partial charge in [0.2, 0.25) is 0 Å². The highest BCUT2D eigenvalue weighted by atomic mass is 79.9. The first kappa shape index (κ1) is 10.7. The molecule has 4 heteroatoms. The fourth-order valence-corrected chi connectivity index (χ4v) is 2.67. The van der Waals surface area contributed by atoms with Crippen molar-refractivity contribution in [3.63, 3.8) is 0 Å². The molecule has 0 bridgehead atoms. The molecule has 0 aromatic carbocycles. The van der Waals surface area contributed by atoms with Crippen LogP contribution in [0.4, 0.5) is 0 Å². The van der Waals surface area contributed by atoms with Crippen LogP contribution in [0.1, 0.15) is 26.2 Å². The van der Waals surface area contributed by atoms with E-state index in [0.29, 0.717) is 6.61 Å². The smallest absolute Gasteiger partial charge is 0.337 e. The predicted molar refractivity (Wildman–Crippen MR) is 61.4 cm³/mol. The Hall–Kier alpha value is -0.770. The quantitative estimate of drug-likeness (QED) is 0.476. The Morgan fingerprint density at radius 1 is 1.67 bits per heavy atom. The lowest BCUT2D eigenvalue weighted by Crippen LogP contribution is -2.30. The van der Waals surface area contributed by atoms with Crippen molar-refractivity contribution < 1.29 is 9.53 Å². The highest BCUT2D eigenvalue weighted by molar-refractivity contribution is 9.09. The van der Waals surface area contributed by atoms with Crippen LogP contribution in [0.5, 0.6) is 0 Å². The number of hydrogen-bond acceptors (Lipinski definition) is 3. The monoisotopic (exact) mass is 271 g/mol.